The summed E-state index contributed by atoms with van der Waals surface area (Å²) in [5.74, 6) is -0.603. The van der Waals surface area contributed by atoms with E-state index < -0.39 is 6.04 Å². The van der Waals surface area contributed by atoms with E-state index in [-0.39, 0.29) is 11.8 Å². The Balaban J connectivity index is 1.60. The van der Waals surface area contributed by atoms with E-state index in [1.165, 1.54) is 0 Å². The summed E-state index contributed by atoms with van der Waals surface area (Å²) in [6.07, 6.45) is 0.364. The highest BCUT2D eigenvalue weighted by Gasteiger charge is 2.24. The van der Waals surface area contributed by atoms with Crippen molar-refractivity contribution < 1.29 is 9.59 Å². The molecule has 0 spiro atoms. The van der Waals surface area contributed by atoms with Crippen molar-refractivity contribution in [3.8, 4) is 0 Å². The predicted molar refractivity (Wildman–Crippen MR) is 131 cm³/mol. The van der Waals surface area contributed by atoms with Crippen molar-refractivity contribution in [3.63, 3.8) is 0 Å². The topological polar surface area (TPSA) is 61.4 Å². The van der Waals surface area contributed by atoms with Crippen LogP contribution in [-0.2, 0) is 11.2 Å². The molecule has 0 aliphatic rings. The fraction of sp³-hybridized carbons (Fsp3) is 0.0714. The first-order chi connectivity index (χ1) is 16.2. The number of benzene rings is 4. The number of amides is 2. The fourth-order valence-electron chi connectivity index (χ4n) is 3.51. The van der Waals surface area contributed by atoms with Gasteiger partial charge in [-0.3, -0.25) is 20.0 Å². The molecule has 0 bridgehead atoms. The van der Waals surface area contributed by atoms with Gasteiger partial charge in [0.25, 0.3) is 11.8 Å². The maximum absolute atomic E-state index is 13.5. The van der Waals surface area contributed by atoms with Gasteiger partial charge in [-0.15, -0.1) is 0 Å². The number of carbonyl (C=O) groups is 2. The zero-order valence-electron chi connectivity index (χ0n) is 18.1. The number of carbonyl (C=O) groups excluding carboxylic acids is 2. The molecular formula is C28H25N3O2. The monoisotopic (exact) mass is 435 g/mol. The van der Waals surface area contributed by atoms with E-state index in [0.717, 1.165) is 16.9 Å². The zero-order valence-corrected chi connectivity index (χ0v) is 18.1. The van der Waals surface area contributed by atoms with Gasteiger partial charge in [-0.25, -0.2) is 0 Å². The number of para-hydroxylation sites is 2. The second-order valence-corrected chi connectivity index (χ2v) is 7.56. The van der Waals surface area contributed by atoms with Crippen LogP contribution in [0.5, 0.6) is 0 Å². The zero-order chi connectivity index (χ0) is 22.9. The van der Waals surface area contributed by atoms with Crippen molar-refractivity contribution in [2.45, 2.75) is 12.5 Å². The maximum Gasteiger partial charge on any atom is 0.261 e. The van der Waals surface area contributed by atoms with Gasteiger partial charge < -0.3 is 5.32 Å². The largest absolute Gasteiger partial charge is 0.340 e. The first-order valence-corrected chi connectivity index (χ1v) is 10.8. The molecule has 5 nitrogen and oxygen atoms in total. The normalized spacial score (nSPS) is 11.3. The Bertz CT molecular complexity index is 1130. The minimum Gasteiger partial charge on any atom is -0.340 e. The predicted octanol–water partition coefficient (Wildman–Crippen LogP) is 4.90. The number of anilines is 2. The molecule has 4 aromatic carbocycles. The van der Waals surface area contributed by atoms with E-state index in [1.54, 1.807) is 29.3 Å². The van der Waals surface area contributed by atoms with Crippen LogP contribution >= 0.6 is 0 Å². The van der Waals surface area contributed by atoms with Gasteiger partial charge >= 0.3 is 0 Å². The van der Waals surface area contributed by atoms with Crippen molar-refractivity contribution in [3.05, 3.63) is 132 Å². The summed E-state index contributed by atoms with van der Waals surface area (Å²) in [5, 5.41) is 4.64. The molecule has 0 radical (unpaired) electrons. The minimum atomic E-state index is -0.768. The molecule has 5 heteroatoms. The molecule has 164 valence electrons. The van der Waals surface area contributed by atoms with Crippen LogP contribution in [0, 0.1) is 0 Å². The van der Waals surface area contributed by atoms with Crippen LogP contribution < -0.4 is 15.8 Å². The molecular weight excluding hydrogens is 410 g/mol. The van der Waals surface area contributed by atoms with Gasteiger partial charge in [-0.1, -0.05) is 84.9 Å². The first-order valence-electron chi connectivity index (χ1n) is 10.8. The highest BCUT2D eigenvalue weighted by molar-refractivity contribution is 5.98. The molecule has 0 aliphatic carbocycles. The highest BCUT2D eigenvalue weighted by Crippen LogP contribution is 2.22. The Labute approximate surface area is 193 Å². The lowest BCUT2D eigenvalue weighted by atomic mass is 10.0. The first kappa shape index (κ1) is 21.8. The molecule has 4 rings (SSSR count). The highest BCUT2D eigenvalue weighted by atomic mass is 16.2. The van der Waals surface area contributed by atoms with Crippen LogP contribution in [0.3, 0.4) is 0 Å². The Kier molecular flexibility index (Phi) is 7.13. The Morgan fingerprint density at radius 2 is 1.09 bits per heavy atom. The van der Waals surface area contributed by atoms with Gasteiger partial charge in [0.2, 0.25) is 0 Å². The molecule has 33 heavy (non-hydrogen) atoms. The maximum atomic E-state index is 13.5. The second-order valence-electron chi connectivity index (χ2n) is 7.56. The summed E-state index contributed by atoms with van der Waals surface area (Å²) >= 11 is 0. The SMILES string of the molecule is O=C(N[C@@H](Cc1ccccc1)C(=O)NN(c1ccccc1)c1ccccc1)c1ccccc1. The smallest absolute Gasteiger partial charge is 0.261 e. The van der Waals surface area contributed by atoms with Gasteiger partial charge in [0.1, 0.15) is 6.04 Å². The van der Waals surface area contributed by atoms with Crippen molar-refractivity contribution >= 4 is 23.2 Å². The summed E-state index contributed by atoms with van der Waals surface area (Å²) in [5.41, 5.74) is 6.09. The molecule has 1 atom stereocenters. The van der Waals surface area contributed by atoms with Gasteiger partial charge in [0.15, 0.2) is 0 Å². The number of nitrogens with one attached hydrogen (secondary N) is 2. The van der Waals surface area contributed by atoms with Crippen LogP contribution in [0.15, 0.2) is 121 Å². The van der Waals surface area contributed by atoms with Crippen LogP contribution in [-0.4, -0.2) is 17.9 Å². The van der Waals surface area contributed by atoms with Crippen molar-refractivity contribution in [2.24, 2.45) is 0 Å². The number of hydrogen-bond donors (Lipinski definition) is 2. The number of rotatable bonds is 8. The van der Waals surface area contributed by atoms with Crippen LogP contribution in [0.25, 0.3) is 0 Å². The van der Waals surface area contributed by atoms with E-state index in [9.17, 15) is 9.59 Å². The summed E-state index contributed by atoms with van der Waals surface area (Å²) < 4.78 is 0. The van der Waals surface area contributed by atoms with Gasteiger partial charge in [-0.2, -0.15) is 0 Å². The number of nitrogens with zero attached hydrogens (tertiary/aromatic N) is 1. The molecule has 2 amide bonds. The van der Waals surface area contributed by atoms with Crippen molar-refractivity contribution in [1.29, 1.82) is 0 Å². The third kappa shape index (κ3) is 5.86. The van der Waals surface area contributed by atoms with Gasteiger partial charge in [0, 0.05) is 12.0 Å². The summed E-state index contributed by atoms with van der Waals surface area (Å²) in [4.78, 5) is 26.4. The van der Waals surface area contributed by atoms with Gasteiger partial charge in [-0.05, 0) is 42.0 Å². The van der Waals surface area contributed by atoms with E-state index in [4.69, 9.17) is 0 Å². The number of hydrogen-bond acceptors (Lipinski definition) is 3. The van der Waals surface area contributed by atoms with E-state index >= 15 is 0 Å². The van der Waals surface area contributed by atoms with Crippen molar-refractivity contribution in [2.75, 3.05) is 5.01 Å². The summed E-state index contributed by atoms with van der Waals surface area (Å²) in [6.45, 7) is 0. The van der Waals surface area contributed by atoms with Crippen molar-refractivity contribution in [1.82, 2.24) is 10.7 Å². The Morgan fingerprint density at radius 3 is 1.61 bits per heavy atom. The molecule has 0 heterocycles. The molecule has 0 aromatic heterocycles. The van der Waals surface area contributed by atoms with E-state index in [2.05, 4.69) is 10.7 Å². The third-order valence-corrected chi connectivity index (χ3v) is 5.19. The lowest BCUT2D eigenvalue weighted by Crippen LogP contribution is -2.52. The summed E-state index contributed by atoms with van der Waals surface area (Å²) in [7, 11) is 0. The van der Waals surface area contributed by atoms with E-state index in [0.29, 0.717) is 12.0 Å². The lowest BCUT2D eigenvalue weighted by Gasteiger charge is -2.28. The average molecular weight is 436 g/mol. The molecule has 0 fully saturated rings. The summed E-state index contributed by atoms with van der Waals surface area (Å²) in [6, 6.07) is 37.0. The fourth-order valence-corrected chi connectivity index (χ4v) is 3.51. The van der Waals surface area contributed by atoms with Crippen LogP contribution in [0.4, 0.5) is 11.4 Å². The van der Waals surface area contributed by atoms with Crippen LogP contribution in [0.1, 0.15) is 15.9 Å². The molecule has 2 N–H and O–H groups in total. The Morgan fingerprint density at radius 1 is 0.636 bits per heavy atom. The Hall–Kier alpha value is -4.38. The molecule has 0 saturated heterocycles. The lowest BCUT2D eigenvalue weighted by molar-refractivity contribution is -0.122. The number of hydrazine groups is 1. The molecule has 0 unspecified atom stereocenters. The quantitative estimate of drug-likeness (QED) is 0.387. The van der Waals surface area contributed by atoms with Crippen LogP contribution in [0.2, 0.25) is 0 Å². The van der Waals surface area contributed by atoms with E-state index in [1.807, 2.05) is 97.1 Å². The third-order valence-electron chi connectivity index (χ3n) is 5.19. The van der Waals surface area contributed by atoms with Gasteiger partial charge in [0.05, 0.1) is 11.4 Å². The molecule has 4 aromatic rings. The molecule has 0 saturated carbocycles. The second kappa shape index (κ2) is 10.8. The molecule has 0 aliphatic heterocycles. The minimum absolute atomic E-state index is 0.294. The standard InChI is InChI=1S/C28H25N3O2/c32-27(23-15-7-2-8-16-23)29-26(21-22-13-5-1-6-14-22)28(33)30-31(24-17-9-3-10-18-24)25-19-11-4-12-20-25/h1-20,26H,21H2,(H,29,32)(H,30,33)/t26-/m0/s1. The average Bonchev–Trinajstić information content (AvgIpc) is 2.89.